The summed E-state index contributed by atoms with van der Waals surface area (Å²) in [5, 5.41) is 13.7. The Morgan fingerprint density at radius 2 is 1.07 bits per heavy atom. The number of carbonyl (C=O) groups excluding carboxylic acids is 1. The summed E-state index contributed by atoms with van der Waals surface area (Å²) in [5.74, 6) is -0.163. The van der Waals surface area contributed by atoms with Crippen molar-refractivity contribution in [2.24, 2.45) is 5.73 Å². The lowest BCUT2D eigenvalue weighted by Gasteiger charge is -2.25. The molecule has 1 amide bonds. The maximum absolute atomic E-state index is 12.6. The van der Waals surface area contributed by atoms with E-state index in [0.29, 0.717) is 12.8 Å². The Labute approximate surface area is 265 Å². The van der Waals surface area contributed by atoms with Crippen LogP contribution in [0.15, 0.2) is 0 Å². The molecule has 8 nitrogen and oxygen atoms in total. The van der Waals surface area contributed by atoms with E-state index in [2.05, 4.69) is 19.2 Å². The van der Waals surface area contributed by atoms with E-state index >= 15 is 0 Å². The lowest BCUT2D eigenvalue weighted by molar-refractivity contribution is -0.123. The van der Waals surface area contributed by atoms with Gasteiger partial charge in [0.05, 0.1) is 25.4 Å². The number of phosphoric acid groups is 1. The number of aliphatic hydroxyl groups excluding tert-OH is 1. The number of carbonyl (C=O) groups is 1. The van der Waals surface area contributed by atoms with Crippen LogP contribution in [0.4, 0.5) is 0 Å². The summed E-state index contributed by atoms with van der Waals surface area (Å²) in [5.41, 5.74) is 5.35. The molecule has 0 bridgehead atoms. The first kappa shape index (κ1) is 42.5. The zero-order chi connectivity index (χ0) is 31.9. The summed E-state index contributed by atoms with van der Waals surface area (Å²) in [6, 6.07) is -0.764. The molecule has 0 rings (SSSR count). The van der Waals surface area contributed by atoms with E-state index in [1.54, 1.807) is 0 Å². The van der Waals surface area contributed by atoms with Crippen molar-refractivity contribution in [2.75, 3.05) is 19.8 Å². The van der Waals surface area contributed by atoms with E-state index in [9.17, 15) is 19.4 Å². The summed E-state index contributed by atoms with van der Waals surface area (Å²) in [7, 11) is -4.30. The molecule has 0 aliphatic rings. The van der Waals surface area contributed by atoms with Crippen molar-refractivity contribution in [1.29, 1.82) is 0 Å². The van der Waals surface area contributed by atoms with Crippen molar-refractivity contribution in [3.05, 3.63) is 0 Å². The second kappa shape index (κ2) is 31.5. The first-order chi connectivity index (χ1) is 20.9. The zero-order valence-corrected chi connectivity index (χ0v) is 29.1. The fraction of sp³-hybridized carbons (Fsp3) is 0.971. The molecule has 0 aromatic carbocycles. The smallest absolute Gasteiger partial charge is 0.391 e. The highest BCUT2D eigenvalue weighted by atomic mass is 31.2. The molecule has 0 saturated carbocycles. The first-order valence-corrected chi connectivity index (χ1v) is 19.6. The predicted molar refractivity (Wildman–Crippen MR) is 180 cm³/mol. The van der Waals surface area contributed by atoms with Crippen LogP contribution in [-0.4, -0.2) is 47.8 Å². The molecular weight excluding hydrogens is 563 g/mol. The van der Waals surface area contributed by atoms with Gasteiger partial charge in [0, 0.05) is 13.0 Å². The van der Waals surface area contributed by atoms with Gasteiger partial charge in [0.15, 0.2) is 0 Å². The maximum atomic E-state index is 12.6. The van der Waals surface area contributed by atoms with Crippen LogP contribution in [0.25, 0.3) is 0 Å². The standard InChI is InChI=1S/C34H71N2O6P/c1-3-5-7-9-11-13-15-16-17-18-19-21-23-25-27-33(37)32(31-42-43(39,40)41-30-29-35)36-34(38)28-26-24-22-20-14-12-10-8-6-4-2/h32-33,37H,3-31,35H2,1-2H3,(H,36,38)(H,39,40)/t32-,33+/m0/s1. The number of nitrogens with one attached hydrogen (secondary N) is 1. The van der Waals surface area contributed by atoms with Crippen molar-refractivity contribution < 1.29 is 28.4 Å². The van der Waals surface area contributed by atoms with Gasteiger partial charge in [0.1, 0.15) is 0 Å². The van der Waals surface area contributed by atoms with Crippen molar-refractivity contribution in [3.63, 3.8) is 0 Å². The highest BCUT2D eigenvalue weighted by molar-refractivity contribution is 7.47. The van der Waals surface area contributed by atoms with Gasteiger partial charge in [-0.1, -0.05) is 162 Å². The molecule has 0 fully saturated rings. The molecule has 3 atom stereocenters. The number of hydrogen-bond acceptors (Lipinski definition) is 6. The third-order valence-corrected chi connectivity index (χ3v) is 9.20. The third kappa shape index (κ3) is 29.9. The molecule has 0 aliphatic heterocycles. The largest absolute Gasteiger partial charge is 0.472 e. The number of amides is 1. The van der Waals surface area contributed by atoms with Crippen molar-refractivity contribution in [2.45, 2.75) is 193 Å². The molecule has 0 heterocycles. The zero-order valence-electron chi connectivity index (χ0n) is 28.2. The minimum absolute atomic E-state index is 0.0919. The first-order valence-electron chi connectivity index (χ1n) is 18.2. The lowest BCUT2D eigenvalue weighted by atomic mass is 10.0. The van der Waals surface area contributed by atoms with Crippen LogP contribution in [-0.2, 0) is 18.4 Å². The van der Waals surface area contributed by atoms with Crippen LogP contribution < -0.4 is 11.1 Å². The lowest BCUT2D eigenvalue weighted by Crippen LogP contribution is -2.46. The average Bonchev–Trinajstić information content (AvgIpc) is 2.99. The van der Waals surface area contributed by atoms with Gasteiger partial charge in [-0.15, -0.1) is 0 Å². The molecule has 1 unspecified atom stereocenters. The van der Waals surface area contributed by atoms with Gasteiger partial charge in [-0.2, -0.15) is 0 Å². The Morgan fingerprint density at radius 3 is 1.49 bits per heavy atom. The van der Waals surface area contributed by atoms with E-state index in [4.69, 9.17) is 14.8 Å². The van der Waals surface area contributed by atoms with E-state index in [-0.39, 0.29) is 25.7 Å². The molecule has 0 aromatic heterocycles. The Bertz CT molecular complexity index is 654. The number of hydrogen-bond donors (Lipinski definition) is 4. The maximum Gasteiger partial charge on any atom is 0.472 e. The van der Waals surface area contributed by atoms with Crippen molar-refractivity contribution in [3.8, 4) is 0 Å². The van der Waals surface area contributed by atoms with Gasteiger partial charge in [0.2, 0.25) is 5.91 Å². The van der Waals surface area contributed by atoms with E-state index in [1.165, 1.54) is 116 Å². The SMILES string of the molecule is CCCCCCCCCCCCCCCC[C@@H](O)[C@H](COP(=O)(O)OCCN)NC(=O)CCCCCCCCCCCC. The van der Waals surface area contributed by atoms with Gasteiger partial charge >= 0.3 is 7.82 Å². The van der Waals surface area contributed by atoms with E-state index < -0.39 is 20.0 Å². The molecule has 0 aliphatic carbocycles. The van der Waals surface area contributed by atoms with Gasteiger partial charge in [-0.3, -0.25) is 13.8 Å². The minimum atomic E-state index is -4.30. The van der Waals surface area contributed by atoms with E-state index in [1.807, 2.05) is 0 Å². The third-order valence-electron chi connectivity index (χ3n) is 8.21. The Hall–Kier alpha value is -0.500. The highest BCUT2D eigenvalue weighted by Crippen LogP contribution is 2.43. The highest BCUT2D eigenvalue weighted by Gasteiger charge is 2.27. The quantitative estimate of drug-likeness (QED) is 0.0410. The molecule has 43 heavy (non-hydrogen) atoms. The number of phosphoric ester groups is 1. The van der Waals surface area contributed by atoms with Gasteiger partial charge in [-0.05, 0) is 12.8 Å². The molecule has 5 N–H and O–H groups in total. The second-order valence-electron chi connectivity index (χ2n) is 12.4. The van der Waals surface area contributed by atoms with Crippen molar-refractivity contribution >= 4 is 13.7 Å². The predicted octanol–water partition coefficient (Wildman–Crippen LogP) is 9.11. The monoisotopic (exact) mass is 635 g/mol. The molecule has 0 radical (unpaired) electrons. The Kier molecular flexibility index (Phi) is 31.1. The fourth-order valence-corrected chi connectivity index (χ4v) is 6.19. The molecular formula is C34H71N2O6P. The summed E-state index contributed by atoms with van der Waals surface area (Å²) in [6.07, 6.45) is 29.6. The number of rotatable bonds is 34. The molecule has 0 aromatic rings. The topological polar surface area (TPSA) is 131 Å². The Morgan fingerprint density at radius 1 is 0.674 bits per heavy atom. The Balaban J connectivity index is 4.25. The van der Waals surface area contributed by atoms with Crippen LogP contribution in [0, 0.1) is 0 Å². The molecule has 0 spiro atoms. The summed E-state index contributed by atoms with van der Waals surface area (Å²) in [4.78, 5) is 22.5. The molecule has 0 saturated heterocycles. The van der Waals surface area contributed by atoms with E-state index in [0.717, 1.165) is 38.5 Å². The summed E-state index contributed by atoms with van der Waals surface area (Å²) in [6.45, 7) is 4.19. The van der Waals surface area contributed by atoms with Gasteiger partial charge in [-0.25, -0.2) is 4.57 Å². The fourth-order valence-electron chi connectivity index (χ4n) is 5.43. The summed E-state index contributed by atoms with van der Waals surface area (Å²) < 4.78 is 22.0. The second-order valence-corrected chi connectivity index (χ2v) is 13.9. The molecule has 258 valence electrons. The van der Waals surface area contributed by atoms with Crippen LogP contribution in [0.2, 0.25) is 0 Å². The minimum Gasteiger partial charge on any atom is -0.391 e. The number of nitrogens with two attached hydrogens (primary N) is 1. The molecule has 9 heteroatoms. The van der Waals surface area contributed by atoms with Crippen LogP contribution in [0.3, 0.4) is 0 Å². The number of unbranched alkanes of at least 4 members (excludes halogenated alkanes) is 22. The summed E-state index contributed by atoms with van der Waals surface area (Å²) >= 11 is 0. The van der Waals surface area contributed by atoms with Crippen LogP contribution >= 0.6 is 7.82 Å². The van der Waals surface area contributed by atoms with Gasteiger partial charge in [0.25, 0.3) is 0 Å². The van der Waals surface area contributed by atoms with Crippen molar-refractivity contribution in [1.82, 2.24) is 5.32 Å². The average molecular weight is 635 g/mol. The number of aliphatic hydroxyl groups is 1. The normalized spacial score (nSPS) is 14.4. The van der Waals surface area contributed by atoms with Crippen LogP contribution in [0.1, 0.15) is 181 Å². The van der Waals surface area contributed by atoms with Gasteiger partial charge < -0.3 is 21.1 Å². The van der Waals surface area contributed by atoms with Crippen LogP contribution in [0.5, 0.6) is 0 Å².